The Hall–Kier alpha value is -0.0400. The standard InChI is InChI=1S/C20H41N/c1-5-7-8-9-10-11-12-15-20(21)16-13-18(14-17-20)19(3,4)6-2/h18H,5-17,21H2,1-4H3. The highest BCUT2D eigenvalue weighted by molar-refractivity contribution is 4.93. The molecule has 1 fully saturated rings. The Kier molecular flexibility index (Phi) is 8.31. The van der Waals surface area contributed by atoms with Crippen molar-refractivity contribution in [2.75, 3.05) is 0 Å². The second-order valence-electron chi connectivity index (χ2n) is 8.35. The average molecular weight is 296 g/mol. The summed E-state index contributed by atoms with van der Waals surface area (Å²) in [7, 11) is 0. The summed E-state index contributed by atoms with van der Waals surface area (Å²) in [5.74, 6) is 0.896. The van der Waals surface area contributed by atoms with Crippen LogP contribution in [0.25, 0.3) is 0 Å². The molecule has 0 aliphatic heterocycles. The normalized spacial score (nSPS) is 27.0. The van der Waals surface area contributed by atoms with E-state index in [4.69, 9.17) is 5.73 Å². The fourth-order valence-electron chi connectivity index (χ4n) is 3.95. The van der Waals surface area contributed by atoms with Gasteiger partial charge in [0, 0.05) is 5.54 Å². The van der Waals surface area contributed by atoms with Gasteiger partial charge in [-0.3, -0.25) is 0 Å². The molecule has 0 unspecified atom stereocenters. The molecule has 0 heterocycles. The first-order valence-electron chi connectivity index (χ1n) is 9.72. The van der Waals surface area contributed by atoms with E-state index >= 15 is 0 Å². The Morgan fingerprint density at radius 3 is 1.95 bits per heavy atom. The van der Waals surface area contributed by atoms with Crippen LogP contribution in [0.1, 0.15) is 111 Å². The summed E-state index contributed by atoms with van der Waals surface area (Å²) >= 11 is 0. The molecule has 0 aromatic rings. The zero-order chi connectivity index (χ0) is 15.8. The molecule has 0 radical (unpaired) electrons. The minimum atomic E-state index is 0.170. The largest absolute Gasteiger partial charge is 0.325 e. The summed E-state index contributed by atoms with van der Waals surface area (Å²) < 4.78 is 0. The van der Waals surface area contributed by atoms with Crippen LogP contribution in [-0.2, 0) is 0 Å². The Labute approximate surface area is 134 Å². The van der Waals surface area contributed by atoms with Gasteiger partial charge in [-0.1, -0.05) is 79.1 Å². The summed E-state index contributed by atoms with van der Waals surface area (Å²) in [5.41, 5.74) is 7.35. The first-order chi connectivity index (χ1) is 9.93. The first-order valence-corrected chi connectivity index (χ1v) is 9.72. The predicted molar refractivity (Wildman–Crippen MR) is 95.6 cm³/mol. The molecule has 1 rings (SSSR count). The van der Waals surface area contributed by atoms with Crippen LogP contribution >= 0.6 is 0 Å². The second kappa shape index (κ2) is 9.18. The minimum Gasteiger partial charge on any atom is -0.325 e. The fourth-order valence-corrected chi connectivity index (χ4v) is 3.95. The van der Waals surface area contributed by atoms with Gasteiger partial charge in [-0.15, -0.1) is 0 Å². The Balaban J connectivity index is 2.16. The molecule has 126 valence electrons. The van der Waals surface area contributed by atoms with Gasteiger partial charge in [-0.05, 0) is 43.4 Å². The van der Waals surface area contributed by atoms with Crippen molar-refractivity contribution in [3.8, 4) is 0 Å². The smallest absolute Gasteiger partial charge is 0.0154 e. The van der Waals surface area contributed by atoms with Crippen molar-refractivity contribution in [3.63, 3.8) is 0 Å². The quantitative estimate of drug-likeness (QED) is 0.460. The maximum Gasteiger partial charge on any atom is 0.0154 e. The maximum absolute atomic E-state index is 6.67. The third-order valence-electron chi connectivity index (χ3n) is 6.28. The molecule has 0 saturated heterocycles. The molecule has 21 heavy (non-hydrogen) atoms. The molecule has 0 aromatic heterocycles. The van der Waals surface area contributed by atoms with Gasteiger partial charge < -0.3 is 5.73 Å². The van der Waals surface area contributed by atoms with E-state index in [1.54, 1.807) is 0 Å². The monoisotopic (exact) mass is 295 g/mol. The van der Waals surface area contributed by atoms with Crippen molar-refractivity contribution in [1.82, 2.24) is 0 Å². The molecule has 1 aliphatic rings. The van der Waals surface area contributed by atoms with Crippen LogP contribution in [0.2, 0.25) is 0 Å². The summed E-state index contributed by atoms with van der Waals surface area (Å²) in [6.45, 7) is 9.51. The van der Waals surface area contributed by atoms with E-state index in [1.807, 2.05) is 0 Å². The lowest BCUT2D eigenvalue weighted by Crippen LogP contribution is -2.45. The van der Waals surface area contributed by atoms with Crippen molar-refractivity contribution < 1.29 is 0 Å². The Bertz CT molecular complexity index is 261. The molecule has 2 N–H and O–H groups in total. The van der Waals surface area contributed by atoms with E-state index in [0.717, 1.165) is 5.92 Å². The van der Waals surface area contributed by atoms with Crippen molar-refractivity contribution in [3.05, 3.63) is 0 Å². The number of hydrogen-bond acceptors (Lipinski definition) is 1. The van der Waals surface area contributed by atoms with E-state index in [2.05, 4.69) is 27.7 Å². The first kappa shape index (κ1) is 19.0. The van der Waals surface area contributed by atoms with Gasteiger partial charge in [-0.2, -0.15) is 0 Å². The third-order valence-corrected chi connectivity index (χ3v) is 6.28. The molecular formula is C20H41N. The van der Waals surface area contributed by atoms with E-state index in [-0.39, 0.29) is 5.54 Å². The van der Waals surface area contributed by atoms with Crippen molar-refractivity contribution >= 4 is 0 Å². The number of rotatable bonds is 10. The lowest BCUT2D eigenvalue weighted by atomic mass is 9.65. The van der Waals surface area contributed by atoms with Gasteiger partial charge >= 0.3 is 0 Å². The molecule has 0 atom stereocenters. The van der Waals surface area contributed by atoms with Crippen LogP contribution < -0.4 is 5.73 Å². The van der Waals surface area contributed by atoms with E-state index in [9.17, 15) is 0 Å². The van der Waals surface area contributed by atoms with Gasteiger partial charge in [0.25, 0.3) is 0 Å². The van der Waals surface area contributed by atoms with Crippen molar-refractivity contribution in [2.24, 2.45) is 17.1 Å². The van der Waals surface area contributed by atoms with Crippen LogP contribution in [0, 0.1) is 11.3 Å². The van der Waals surface area contributed by atoms with Gasteiger partial charge in [-0.25, -0.2) is 0 Å². The summed E-state index contributed by atoms with van der Waals surface area (Å²) in [6.07, 6.45) is 17.6. The Morgan fingerprint density at radius 2 is 1.43 bits per heavy atom. The Morgan fingerprint density at radius 1 is 0.905 bits per heavy atom. The van der Waals surface area contributed by atoms with Crippen molar-refractivity contribution in [2.45, 2.75) is 117 Å². The highest BCUT2D eigenvalue weighted by Crippen LogP contribution is 2.43. The summed E-state index contributed by atoms with van der Waals surface area (Å²) in [5, 5.41) is 0. The number of nitrogens with two attached hydrogens (primary N) is 1. The molecule has 0 bridgehead atoms. The van der Waals surface area contributed by atoms with Crippen LogP contribution in [0.15, 0.2) is 0 Å². The second-order valence-corrected chi connectivity index (χ2v) is 8.35. The molecule has 1 nitrogen and oxygen atoms in total. The fraction of sp³-hybridized carbons (Fsp3) is 1.00. The molecule has 0 amide bonds. The molecule has 0 aromatic carbocycles. The average Bonchev–Trinajstić information content (AvgIpc) is 2.47. The van der Waals surface area contributed by atoms with Crippen LogP contribution in [0.5, 0.6) is 0 Å². The lowest BCUT2D eigenvalue weighted by molar-refractivity contribution is 0.110. The van der Waals surface area contributed by atoms with Gasteiger partial charge in [0.15, 0.2) is 0 Å². The van der Waals surface area contributed by atoms with Crippen molar-refractivity contribution in [1.29, 1.82) is 0 Å². The lowest BCUT2D eigenvalue weighted by Gasteiger charge is -2.43. The zero-order valence-electron chi connectivity index (χ0n) is 15.3. The summed E-state index contributed by atoms with van der Waals surface area (Å²) in [6, 6.07) is 0. The topological polar surface area (TPSA) is 26.0 Å². The van der Waals surface area contributed by atoms with Crippen LogP contribution in [0.4, 0.5) is 0 Å². The molecular weight excluding hydrogens is 254 g/mol. The molecule has 1 heteroatoms. The van der Waals surface area contributed by atoms with Crippen LogP contribution in [0.3, 0.4) is 0 Å². The van der Waals surface area contributed by atoms with Gasteiger partial charge in [0.1, 0.15) is 0 Å². The number of hydrogen-bond donors (Lipinski definition) is 1. The SMILES string of the molecule is CCCCCCCCCC1(N)CCC(C(C)(C)CC)CC1. The van der Waals surface area contributed by atoms with Gasteiger partial charge in [0.05, 0.1) is 0 Å². The highest BCUT2D eigenvalue weighted by Gasteiger charge is 2.36. The number of unbranched alkanes of at least 4 members (excludes halogenated alkanes) is 6. The van der Waals surface area contributed by atoms with Gasteiger partial charge in [0.2, 0.25) is 0 Å². The van der Waals surface area contributed by atoms with E-state index < -0.39 is 0 Å². The molecule has 1 saturated carbocycles. The molecule has 0 spiro atoms. The van der Waals surface area contributed by atoms with Crippen LogP contribution in [-0.4, -0.2) is 5.54 Å². The minimum absolute atomic E-state index is 0.170. The molecule has 1 aliphatic carbocycles. The van der Waals surface area contributed by atoms with E-state index in [1.165, 1.54) is 83.5 Å². The third kappa shape index (κ3) is 6.72. The predicted octanol–water partition coefficient (Wildman–Crippen LogP) is 6.45. The zero-order valence-corrected chi connectivity index (χ0v) is 15.3. The summed E-state index contributed by atoms with van der Waals surface area (Å²) in [4.78, 5) is 0. The maximum atomic E-state index is 6.67. The van der Waals surface area contributed by atoms with E-state index in [0.29, 0.717) is 5.41 Å². The highest BCUT2D eigenvalue weighted by atomic mass is 14.7.